The Hall–Kier alpha value is -2.20. The summed E-state index contributed by atoms with van der Waals surface area (Å²) in [6, 6.07) is -2.83. The molecule has 0 radical (unpaired) electrons. The van der Waals surface area contributed by atoms with Crippen molar-refractivity contribution >= 4 is 23.7 Å². The molecule has 0 rings (SSSR count). The SMILES string of the molecule is CC(C)CC(NC(=O)C(NC(=O)CN)C(C)C)C(=O)NC(CCCCN)C(=O)O. The van der Waals surface area contributed by atoms with Gasteiger partial charge in [-0.1, -0.05) is 27.7 Å². The number of amides is 3. The zero-order valence-corrected chi connectivity index (χ0v) is 17.9. The fraction of sp³-hybridized carbons (Fsp3) is 0.789. The number of carboxylic acids is 1. The number of nitrogens with two attached hydrogens (primary N) is 2. The molecule has 3 atom stereocenters. The zero-order chi connectivity index (χ0) is 22.6. The van der Waals surface area contributed by atoms with Crippen molar-refractivity contribution in [1.29, 1.82) is 0 Å². The van der Waals surface area contributed by atoms with Crippen LogP contribution in [0.3, 0.4) is 0 Å². The smallest absolute Gasteiger partial charge is 0.326 e. The third-order valence-corrected chi connectivity index (χ3v) is 4.35. The number of carboxylic acid groups (broad SMARTS) is 1. The van der Waals surface area contributed by atoms with Gasteiger partial charge in [-0.3, -0.25) is 14.4 Å². The standard InChI is InChI=1S/C19H37N5O5/c1-11(2)9-14(17(26)22-13(19(28)29)7-5-6-8-20)23-18(27)16(12(3)4)24-15(25)10-21/h11-14,16H,5-10,20-21H2,1-4H3,(H,22,26)(H,23,27)(H,24,25)(H,28,29). The van der Waals surface area contributed by atoms with Crippen LogP contribution in [0, 0.1) is 11.8 Å². The molecule has 0 aliphatic rings. The van der Waals surface area contributed by atoms with Crippen molar-refractivity contribution in [3.63, 3.8) is 0 Å². The van der Waals surface area contributed by atoms with Crippen LogP contribution in [0.1, 0.15) is 53.4 Å². The van der Waals surface area contributed by atoms with Crippen molar-refractivity contribution in [3.05, 3.63) is 0 Å². The number of unbranched alkanes of at least 4 members (excludes halogenated alkanes) is 1. The average molecular weight is 416 g/mol. The second-order valence-corrected chi connectivity index (χ2v) is 7.87. The lowest BCUT2D eigenvalue weighted by molar-refractivity contribution is -0.142. The lowest BCUT2D eigenvalue weighted by Gasteiger charge is -2.27. The Bertz CT molecular complexity index is 553. The highest BCUT2D eigenvalue weighted by atomic mass is 16.4. The molecule has 0 fully saturated rings. The number of carbonyl (C=O) groups is 4. The minimum absolute atomic E-state index is 0.0719. The molecule has 0 aromatic carbocycles. The molecule has 0 bridgehead atoms. The maximum atomic E-state index is 12.7. The van der Waals surface area contributed by atoms with E-state index in [-0.39, 0.29) is 24.8 Å². The zero-order valence-electron chi connectivity index (χ0n) is 17.9. The molecular weight excluding hydrogens is 378 g/mol. The first-order chi connectivity index (χ1) is 13.5. The van der Waals surface area contributed by atoms with Crippen molar-refractivity contribution in [2.75, 3.05) is 13.1 Å². The highest BCUT2D eigenvalue weighted by Gasteiger charge is 2.30. The molecule has 3 unspecified atom stereocenters. The summed E-state index contributed by atoms with van der Waals surface area (Å²) in [5.74, 6) is -2.86. The number of nitrogens with one attached hydrogen (secondary N) is 3. The summed E-state index contributed by atoms with van der Waals surface area (Å²) in [4.78, 5) is 48.5. The van der Waals surface area contributed by atoms with E-state index in [4.69, 9.17) is 11.5 Å². The number of rotatable bonds is 14. The lowest BCUT2D eigenvalue weighted by Crippen LogP contribution is -2.57. The summed E-state index contributed by atoms with van der Waals surface area (Å²) in [7, 11) is 0. The molecule has 10 nitrogen and oxygen atoms in total. The molecule has 29 heavy (non-hydrogen) atoms. The van der Waals surface area contributed by atoms with Gasteiger partial charge < -0.3 is 32.5 Å². The lowest BCUT2D eigenvalue weighted by atomic mass is 9.99. The third kappa shape index (κ3) is 10.8. The van der Waals surface area contributed by atoms with E-state index in [2.05, 4.69) is 16.0 Å². The van der Waals surface area contributed by atoms with E-state index in [0.717, 1.165) is 0 Å². The summed E-state index contributed by atoms with van der Waals surface area (Å²) in [5, 5.41) is 17.1. The Kier molecular flexibility index (Phi) is 12.8. The Labute approximate surface area is 172 Å². The second-order valence-electron chi connectivity index (χ2n) is 7.87. The van der Waals surface area contributed by atoms with Crippen LogP contribution in [0.15, 0.2) is 0 Å². The molecule has 0 heterocycles. The van der Waals surface area contributed by atoms with Gasteiger partial charge in [0.2, 0.25) is 17.7 Å². The number of hydrogen-bond acceptors (Lipinski definition) is 6. The van der Waals surface area contributed by atoms with Crippen LogP contribution in [-0.2, 0) is 19.2 Å². The number of hydrogen-bond donors (Lipinski definition) is 6. The predicted molar refractivity (Wildman–Crippen MR) is 110 cm³/mol. The van der Waals surface area contributed by atoms with Gasteiger partial charge in [0.15, 0.2) is 0 Å². The molecule has 0 aliphatic heterocycles. The van der Waals surface area contributed by atoms with Gasteiger partial charge in [-0.15, -0.1) is 0 Å². The minimum atomic E-state index is -1.14. The molecule has 0 saturated heterocycles. The molecule has 0 aromatic heterocycles. The third-order valence-electron chi connectivity index (χ3n) is 4.35. The molecule has 10 heteroatoms. The van der Waals surface area contributed by atoms with E-state index in [0.29, 0.717) is 25.8 Å². The van der Waals surface area contributed by atoms with Crippen LogP contribution in [0.4, 0.5) is 0 Å². The number of carbonyl (C=O) groups excluding carboxylic acids is 3. The Morgan fingerprint density at radius 3 is 1.90 bits per heavy atom. The summed E-state index contributed by atoms with van der Waals surface area (Å²) >= 11 is 0. The average Bonchev–Trinajstić information content (AvgIpc) is 2.63. The number of aliphatic carboxylic acids is 1. The molecule has 168 valence electrons. The maximum Gasteiger partial charge on any atom is 0.326 e. The predicted octanol–water partition coefficient (Wildman–Crippen LogP) is -0.685. The molecule has 8 N–H and O–H groups in total. The summed E-state index contributed by atoms with van der Waals surface area (Å²) < 4.78 is 0. The molecule has 0 aliphatic carbocycles. The van der Waals surface area contributed by atoms with Gasteiger partial charge in [-0.25, -0.2) is 4.79 Å². The second kappa shape index (κ2) is 13.9. The highest BCUT2D eigenvalue weighted by Crippen LogP contribution is 2.09. The van der Waals surface area contributed by atoms with Crippen molar-refractivity contribution in [1.82, 2.24) is 16.0 Å². The van der Waals surface area contributed by atoms with Crippen molar-refractivity contribution in [2.24, 2.45) is 23.3 Å². The van der Waals surface area contributed by atoms with Gasteiger partial charge in [-0.05, 0) is 44.1 Å². The van der Waals surface area contributed by atoms with E-state index in [1.807, 2.05) is 13.8 Å². The first-order valence-electron chi connectivity index (χ1n) is 10.1. The molecule has 3 amide bonds. The van der Waals surface area contributed by atoms with Gasteiger partial charge in [0.05, 0.1) is 6.54 Å². The first kappa shape index (κ1) is 26.8. The monoisotopic (exact) mass is 415 g/mol. The summed E-state index contributed by atoms with van der Waals surface area (Å²) in [5.41, 5.74) is 10.7. The van der Waals surface area contributed by atoms with Crippen LogP contribution >= 0.6 is 0 Å². The van der Waals surface area contributed by atoms with Crippen LogP contribution in [0.2, 0.25) is 0 Å². The van der Waals surface area contributed by atoms with Crippen molar-refractivity contribution < 1.29 is 24.3 Å². The maximum absolute atomic E-state index is 12.7. The van der Waals surface area contributed by atoms with Crippen molar-refractivity contribution in [2.45, 2.75) is 71.5 Å². The molecular formula is C19H37N5O5. The summed E-state index contributed by atoms with van der Waals surface area (Å²) in [6.07, 6.45) is 1.79. The van der Waals surface area contributed by atoms with Crippen molar-refractivity contribution in [3.8, 4) is 0 Å². The van der Waals surface area contributed by atoms with Crippen LogP contribution in [-0.4, -0.2) is 60.0 Å². The van der Waals surface area contributed by atoms with E-state index in [9.17, 15) is 24.3 Å². The normalized spacial score (nSPS) is 14.2. The summed E-state index contributed by atoms with van der Waals surface area (Å²) in [6.45, 7) is 7.48. The molecule has 0 saturated carbocycles. The Morgan fingerprint density at radius 1 is 0.862 bits per heavy atom. The Balaban J connectivity index is 5.25. The van der Waals surface area contributed by atoms with E-state index in [1.165, 1.54) is 0 Å². The van der Waals surface area contributed by atoms with E-state index < -0.39 is 41.8 Å². The van der Waals surface area contributed by atoms with Gasteiger partial charge in [0.25, 0.3) is 0 Å². The fourth-order valence-corrected chi connectivity index (χ4v) is 2.75. The fourth-order valence-electron chi connectivity index (χ4n) is 2.75. The largest absolute Gasteiger partial charge is 0.480 e. The quantitative estimate of drug-likeness (QED) is 0.203. The van der Waals surface area contributed by atoms with Gasteiger partial charge in [0.1, 0.15) is 18.1 Å². The van der Waals surface area contributed by atoms with Crippen LogP contribution in [0.25, 0.3) is 0 Å². The van der Waals surface area contributed by atoms with Gasteiger partial charge >= 0.3 is 5.97 Å². The van der Waals surface area contributed by atoms with E-state index >= 15 is 0 Å². The van der Waals surface area contributed by atoms with Crippen LogP contribution < -0.4 is 27.4 Å². The highest BCUT2D eigenvalue weighted by molar-refractivity contribution is 5.93. The first-order valence-corrected chi connectivity index (χ1v) is 10.1. The van der Waals surface area contributed by atoms with E-state index in [1.54, 1.807) is 13.8 Å². The van der Waals surface area contributed by atoms with Gasteiger partial charge in [0, 0.05) is 0 Å². The molecule has 0 spiro atoms. The van der Waals surface area contributed by atoms with Gasteiger partial charge in [-0.2, -0.15) is 0 Å². The Morgan fingerprint density at radius 2 is 1.45 bits per heavy atom. The minimum Gasteiger partial charge on any atom is -0.480 e. The topological polar surface area (TPSA) is 177 Å². The van der Waals surface area contributed by atoms with Crippen LogP contribution in [0.5, 0.6) is 0 Å². The molecule has 0 aromatic rings.